The van der Waals surface area contributed by atoms with E-state index in [1.807, 2.05) is 6.92 Å². The average Bonchev–Trinajstić information content (AvgIpc) is 2.83. The number of carbonyl (C=O) groups is 1. The van der Waals surface area contributed by atoms with Crippen molar-refractivity contribution in [3.05, 3.63) is 15.8 Å². The fourth-order valence-corrected chi connectivity index (χ4v) is 6.04. The molecule has 0 bridgehead atoms. The molecule has 0 radical (unpaired) electrons. The van der Waals surface area contributed by atoms with Gasteiger partial charge in [0.2, 0.25) is 10.0 Å². The molecule has 0 atom stereocenters. The maximum Gasteiger partial charge on any atom is 0.345 e. The van der Waals surface area contributed by atoms with Crippen molar-refractivity contribution in [2.75, 3.05) is 6.54 Å². The first-order valence-corrected chi connectivity index (χ1v) is 9.49. The number of carboxylic acid groups (broad SMARTS) is 1. The SMILES string of the molecule is CCN(C1CCCCC1)S(=O)(=O)c1cc(C(=O)O)sc1C. The van der Waals surface area contributed by atoms with Crippen molar-refractivity contribution in [1.82, 2.24) is 4.31 Å². The highest BCUT2D eigenvalue weighted by Crippen LogP contribution is 2.32. The van der Waals surface area contributed by atoms with E-state index in [1.165, 1.54) is 6.07 Å². The number of hydrogen-bond acceptors (Lipinski definition) is 4. The van der Waals surface area contributed by atoms with Gasteiger partial charge in [0.15, 0.2) is 0 Å². The van der Waals surface area contributed by atoms with Crippen LogP contribution in [0.1, 0.15) is 53.6 Å². The van der Waals surface area contributed by atoms with Gasteiger partial charge in [-0.2, -0.15) is 4.31 Å². The molecule has 1 N–H and O–H groups in total. The topological polar surface area (TPSA) is 74.7 Å². The zero-order valence-corrected chi connectivity index (χ0v) is 14.0. The Balaban J connectivity index is 2.36. The predicted molar refractivity (Wildman–Crippen MR) is 82.5 cm³/mol. The maximum atomic E-state index is 12.9. The van der Waals surface area contributed by atoms with Crippen LogP contribution in [0.25, 0.3) is 0 Å². The van der Waals surface area contributed by atoms with Gasteiger partial charge < -0.3 is 5.11 Å². The summed E-state index contributed by atoms with van der Waals surface area (Å²) in [4.78, 5) is 11.8. The van der Waals surface area contributed by atoms with E-state index in [1.54, 1.807) is 11.2 Å². The summed E-state index contributed by atoms with van der Waals surface area (Å²) in [5, 5.41) is 9.03. The lowest BCUT2D eigenvalue weighted by molar-refractivity contribution is 0.0702. The molecule has 118 valence electrons. The monoisotopic (exact) mass is 331 g/mol. The second kappa shape index (κ2) is 6.46. The second-order valence-corrected chi connectivity index (χ2v) is 8.45. The molecular weight excluding hydrogens is 310 g/mol. The van der Waals surface area contributed by atoms with Crippen molar-refractivity contribution in [2.45, 2.75) is 56.9 Å². The number of hydrogen-bond donors (Lipinski definition) is 1. The Morgan fingerprint density at radius 3 is 2.48 bits per heavy atom. The minimum absolute atomic E-state index is 0.0429. The van der Waals surface area contributed by atoms with Crippen LogP contribution in [-0.2, 0) is 10.0 Å². The van der Waals surface area contributed by atoms with E-state index < -0.39 is 16.0 Å². The number of aryl methyl sites for hydroxylation is 1. The molecule has 1 aliphatic carbocycles. The Morgan fingerprint density at radius 1 is 1.38 bits per heavy atom. The van der Waals surface area contributed by atoms with Gasteiger partial charge in [0.25, 0.3) is 0 Å². The van der Waals surface area contributed by atoms with Gasteiger partial charge in [0.1, 0.15) is 4.88 Å². The van der Waals surface area contributed by atoms with Crippen LogP contribution < -0.4 is 0 Å². The number of aromatic carboxylic acids is 1. The third-order valence-corrected chi connectivity index (χ3v) is 7.28. The van der Waals surface area contributed by atoms with Gasteiger partial charge >= 0.3 is 5.97 Å². The molecule has 1 fully saturated rings. The van der Waals surface area contributed by atoms with E-state index in [9.17, 15) is 13.2 Å². The highest BCUT2D eigenvalue weighted by molar-refractivity contribution is 7.89. The third kappa shape index (κ3) is 3.30. The fraction of sp³-hybridized carbons (Fsp3) is 0.643. The molecule has 0 aliphatic heterocycles. The summed E-state index contributed by atoms with van der Waals surface area (Å²) in [7, 11) is -3.61. The predicted octanol–water partition coefficient (Wildman–Crippen LogP) is 3.10. The molecule has 5 nitrogen and oxygen atoms in total. The minimum atomic E-state index is -3.61. The highest BCUT2D eigenvalue weighted by atomic mass is 32.2. The quantitative estimate of drug-likeness (QED) is 0.899. The Labute approximate surface area is 129 Å². The van der Waals surface area contributed by atoms with Crippen molar-refractivity contribution < 1.29 is 18.3 Å². The summed E-state index contributed by atoms with van der Waals surface area (Å²) in [6.07, 6.45) is 5.05. The smallest absolute Gasteiger partial charge is 0.345 e. The van der Waals surface area contributed by atoms with Crippen LogP contribution in [0.4, 0.5) is 0 Å². The average molecular weight is 331 g/mol. The van der Waals surface area contributed by atoms with Crippen LogP contribution in [-0.4, -0.2) is 36.4 Å². The Kier molecular flexibility index (Phi) is 5.06. The molecule has 0 saturated heterocycles. The third-order valence-electron chi connectivity index (χ3n) is 3.96. The normalized spacial score (nSPS) is 17.3. The maximum absolute atomic E-state index is 12.9. The number of nitrogens with zero attached hydrogens (tertiary/aromatic N) is 1. The molecule has 7 heteroatoms. The van der Waals surface area contributed by atoms with Gasteiger partial charge in [-0.3, -0.25) is 0 Å². The van der Waals surface area contributed by atoms with E-state index >= 15 is 0 Å². The zero-order chi connectivity index (χ0) is 15.6. The molecule has 0 unspecified atom stereocenters. The minimum Gasteiger partial charge on any atom is -0.477 e. The van der Waals surface area contributed by atoms with E-state index in [2.05, 4.69) is 0 Å². The molecule has 1 aliphatic rings. The molecule has 2 rings (SSSR count). The van der Waals surface area contributed by atoms with Gasteiger partial charge in [-0.25, -0.2) is 13.2 Å². The molecule has 21 heavy (non-hydrogen) atoms. The van der Waals surface area contributed by atoms with Gasteiger partial charge in [-0.15, -0.1) is 11.3 Å². The molecule has 1 aromatic rings. The first-order chi connectivity index (χ1) is 9.87. The van der Waals surface area contributed by atoms with Crippen LogP contribution >= 0.6 is 11.3 Å². The summed E-state index contributed by atoms with van der Waals surface area (Å²) in [6, 6.07) is 1.34. The molecule has 1 heterocycles. The van der Waals surface area contributed by atoms with Crippen LogP contribution in [0.3, 0.4) is 0 Å². The lowest BCUT2D eigenvalue weighted by Crippen LogP contribution is -2.41. The number of thiophene rings is 1. The lowest BCUT2D eigenvalue weighted by Gasteiger charge is -2.32. The Morgan fingerprint density at radius 2 is 2.00 bits per heavy atom. The van der Waals surface area contributed by atoms with Gasteiger partial charge in [0, 0.05) is 17.5 Å². The first-order valence-electron chi connectivity index (χ1n) is 7.23. The van der Waals surface area contributed by atoms with Crippen molar-refractivity contribution >= 4 is 27.3 Å². The molecule has 0 aromatic carbocycles. The van der Waals surface area contributed by atoms with E-state index in [-0.39, 0.29) is 15.8 Å². The number of carboxylic acids is 1. The van der Waals surface area contributed by atoms with Crippen LogP contribution in [0.5, 0.6) is 0 Å². The summed E-state index contributed by atoms with van der Waals surface area (Å²) < 4.78 is 27.3. The fourth-order valence-electron chi connectivity index (χ4n) is 2.95. The summed E-state index contributed by atoms with van der Waals surface area (Å²) >= 11 is 1.02. The first kappa shape index (κ1) is 16.5. The largest absolute Gasteiger partial charge is 0.477 e. The van der Waals surface area contributed by atoms with Crippen molar-refractivity contribution in [1.29, 1.82) is 0 Å². The van der Waals surface area contributed by atoms with Crippen LogP contribution in [0, 0.1) is 6.92 Å². The van der Waals surface area contributed by atoms with Crippen molar-refractivity contribution in [2.24, 2.45) is 0 Å². The van der Waals surface area contributed by atoms with Crippen LogP contribution in [0.15, 0.2) is 11.0 Å². The van der Waals surface area contributed by atoms with E-state index in [0.717, 1.165) is 43.4 Å². The number of rotatable bonds is 5. The Hall–Kier alpha value is -0.920. The summed E-state index contributed by atoms with van der Waals surface area (Å²) in [6.45, 7) is 3.93. The molecule has 0 amide bonds. The zero-order valence-electron chi connectivity index (χ0n) is 12.3. The van der Waals surface area contributed by atoms with Crippen molar-refractivity contribution in [3.8, 4) is 0 Å². The molecule has 0 spiro atoms. The highest BCUT2D eigenvalue weighted by Gasteiger charge is 2.33. The standard InChI is InChI=1S/C14H21NO4S2/c1-3-15(11-7-5-4-6-8-11)21(18,19)13-9-12(14(16)17)20-10(13)2/h9,11H,3-8H2,1-2H3,(H,16,17). The molecular formula is C14H21NO4S2. The van der Waals surface area contributed by atoms with E-state index in [0.29, 0.717) is 11.4 Å². The van der Waals surface area contributed by atoms with Gasteiger partial charge in [-0.1, -0.05) is 26.2 Å². The van der Waals surface area contributed by atoms with Gasteiger partial charge in [0.05, 0.1) is 4.90 Å². The lowest BCUT2D eigenvalue weighted by atomic mass is 9.95. The van der Waals surface area contributed by atoms with Gasteiger partial charge in [-0.05, 0) is 25.8 Å². The Bertz CT molecular complexity index is 615. The summed E-state index contributed by atoms with van der Waals surface area (Å²) in [5.41, 5.74) is 0. The van der Waals surface area contributed by atoms with Crippen molar-refractivity contribution in [3.63, 3.8) is 0 Å². The molecule has 1 saturated carbocycles. The molecule has 1 aromatic heterocycles. The van der Waals surface area contributed by atoms with E-state index in [4.69, 9.17) is 5.11 Å². The second-order valence-electron chi connectivity index (χ2n) is 5.34. The summed E-state index contributed by atoms with van der Waals surface area (Å²) in [5.74, 6) is -1.08. The number of sulfonamides is 1. The van der Waals surface area contributed by atoms with Crippen LogP contribution in [0.2, 0.25) is 0 Å².